The van der Waals surface area contributed by atoms with Gasteiger partial charge in [-0.3, -0.25) is 0 Å². The smallest absolute Gasteiger partial charge is 0.161 e. The monoisotopic (exact) mass is 273 g/mol. The predicted octanol–water partition coefficient (Wildman–Crippen LogP) is 1.40. The molecule has 1 aliphatic heterocycles. The molecular weight excluding hydrogens is 254 g/mol. The van der Waals surface area contributed by atoms with Crippen LogP contribution >= 0.6 is 0 Å². The van der Waals surface area contributed by atoms with Crippen LogP contribution in [0.15, 0.2) is 30.7 Å². The molecule has 1 aromatic heterocycles. The number of aromatic nitrogens is 2. The number of rotatable bonds is 5. The van der Waals surface area contributed by atoms with Gasteiger partial charge in [-0.1, -0.05) is 6.07 Å². The van der Waals surface area contributed by atoms with Crippen molar-refractivity contribution in [3.63, 3.8) is 0 Å². The second-order valence-corrected chi connectivity index (χ2v) is 4.85. The lowest BCUT2D eigenvalue weighted by Crippen LogP contribution is -2.15. The van der Waals surface area contributed by atoms with Gasteiger partial charge in [0.25, 0.3) is 0 Å². The van der Waals surface area contributed by atoms with Gasteiger partial charge in [-0.05, 0) is 30.7 Å². The van der Waals surface area contributed by atoms with Crippen LogP contribution in [0.25, 0.3) is 0 Å². The van der Waals surface area contributed by atoms with Gasteiger partial charge in [0.15, 0.2) is 11.5 Å². The maximum atomic E-state index is 5.60. The number of fused-ring (bicyclic) bond motifs is 1. The Hall–Kier alpha value is -2.01. The van der Waals surface area contributed by atoms with Crippen LogP contribution in [-0.2, 0) is 19.4 Å². The fourth-order valence-corrected chi connectivity index (χ4v) is 2.40. The zero-order chi connectivity index (χ0) is 13.8. The molecule has 0 saturated heterocycles. The quantitative estimate of drug-likeness (QED) is 0.894. The first-order valence-electron chi connectivity index (χ1n) is 6.94. The number of nitrogens with two attached hydrogens (primary N) is 1. The zero-order valence-corrected chi connectivity index (χ0v) is 11.4. The second kappa shape index (κ2) is 5.96. The SMILES string of the molecule is NCCc1cncn1CCc1ccc2c(c1)OCCO2. The van der Waals surface area contributed by atoms with E-state index in [4.69, 9.17) is 15.2 Å². The number of hydrogen-bond donors (Lipinski definition) is 1. The maximum Gasteiger partial charge on any atom is 0.161 e. The van der Waals surface area contributed by atoms with Crippen molar-refractivity contribution in [3.05, 3.63) is 42.0 Å². The molecule has 5 heteroatoms. The van der Waals surface area contributed by atoms with Gasteiger partial charge in [0.2, 0.25) is 0 Å². The van der Waals surface area contributed by atoms with E-state index < -0.39 is 0 Å². The third-order valence-corrected chi connectivity index (χ3v) is 3.45. The highest BCUT2D eigenvalue weighted by Gasteiger charge is 2.11. The van der Waals surface area contributed by atoms with Crippen LogP contribution in [0.5, 0.6) is 11.5 Å². The van der Waals surface area contributed by atoms with Crippen LogP contribution in [0.4, 0.5) is 0 Å². The lowest BCUT2D eigenvalue weighted by Gasteiger charge is -2.19. The minimum atomic E-state index is 0.624. The standard InChI is InChI=1S/C15H19N3O2/c16-5-3-13-10-17-11-18(13)6-4-12-1-2-14-15(9-12)20-8-7-19-14/h1-2,9-11H,3-8,16H2. The summed E-state index contributed by atoms with van der Waals surface area (Å²) in [4.78, 5) is 4.19. The second-order valence-electron chi connectivity index (χ2n) is 4.85. The Morgan fingerprint density at radius 2 is 2.00 bits per heavy atom. The molecule has 0 spiro atoms. The minimum Gasteiger partial charge on any atom is -0.486 e. The Kier molecular flexibility index (Phi) is 3.87. The maximum absolute atomic E-state index is 5.60. The van der Waals surface area contributed by atoms with E-state index in [1.165, 1.54) is 11.3 Å². The summed E-state index contributed by atoms with van der Waals surface area (Å²) >= 11 is 0. The van der Waals surface area contributed by atoms with E-state index in [-0.39, 0.29) is 0 Å². The summed E-state index contributed by atoms with van der Waals surface area (Å²) in [6, 6.07) is 6.14. The van der Waals surface area contributed by atoms with E-state index in [9.17, 15) is 0 Å². The molecule has 0 unspecified atom stereocenters. The summed E-state index contributed by atoms with van der Waals surface area (Å²) in [5.74, 6) is 1.69. The largest absolute Gasteiger partial charge is 0.486 e. The molecule has 5 nitrogen and oxygen atoms in total. The lowest BCUT2D eigenvalue weighted by molar-refractivity contribution is 0.171. The molecule has 0 aliphatic carbocycles. The van der Waals surface area contributed by atoms with Gasteiger partial charge in [-0.2, -0.15) is 0 Å². The van der Waals surface area contributed by atoms with Crippen LogP contribution in [-0.4, -0.2) is 29.3 Å². The van der Waals surface area contributed by atoms with Gasteiger partial charge < -0.3 is 19.8 Å². The molecule has 2 N–H and O–H groups in total. The molecule has 0 saturated carbocycles. The van der Waals surface area contributed by atoms with Crippen molar-refractivity contribution in [3.8, 4) is 11.5 Å². The molecule has 0 bridgehead atoms. The van der Waals surface area contributed by atoms with E-state index in [0.717, 1.165) is 30.9 Å². The first-order chi connectivity index (χ1) is 9.86. The van der Waals surface area contributed by atoms with Crippen molar-refractivity contribution in [2.75, 3.05) is 19.8 Å². The van der Waals surface area contributed by atoms with Crippen LogP contribution in [0.1, 0.15) is 11.3 Å². The molecule has 1 aromatic carbocycles. The highest BCUT2D eigenvalue weighted by Crippen LogP contribution is 2.30. The van der Waals surface area contributed by atoms with Gasteiger partial charge in [-0.25, -0.2) is 4.98 Å². The fourth-order valence-electron chi connectivity index (χ4n) is 2.40. The topological polar surface area (TPSA) is 62.3 Å². The normalized spacial score (nSPS) is 13.4. The Morgan fingerprint density at radius 3 is 2.85 bits per heavy atom. The average molecular weight is 273 g/mol. The number of hydrogen-bond acceptors (Lipinski definition) is 4. The predicted molar refractivity (Wildman–Crippen MR) is 76.1 cm³/mol. The van der Waals surface area contributed by atoms with Gasteiger partial charge in [0.05, 0.1) is 6.33 Å². The number of imidazole rings is 1. The highest BCUT2D eigenvalue weighted by atomic mass is 16.6. The summed E-state index contributed by atoms with van der Waals surface area (Å²) < 4.78 is 13.3. The molecule has 0 amide bonds. The van der Waals surface area contributed by atoms with E-state index >= 15 is 0 Å². The van der Waals surface area contributed by atoms with E-state index in [0.29, 0.717) is 19.8 Å². The molecule has 2 heterocycles. The molecule has 0 fully saturated rings. The summed E-state index contributed by atoms with van der Waals surface area (Å²) in [5.41, 5.74) is 8.02. The van der Waals surface area contributed by atoms with Crippen LogP contribution < -0.4 is 15.2 Å². The van der Waals surface area contributed by atoms with E-state index in [1.54, 1.807) is 0 Å². The van der Waals surface area contributed by atoms with Crippen LogP contribution in [0, 0.1) is 0 Å². The van der Waals surface area contributed by atoms with Crippen molar-refractivity contribution >= 4 is 0 Å². The third kappa shape index (κ3) is 2.77. The van der Waals surface area contributed by atoms with Crippen molar-refractivity contribution < 1.29 is 9.47 Å². The Morgan fingerprint density at radius 1 is 1.15 bits per heavy atom. The van der Waals surface area contributed by atoms with Crippen molar-refractivity contribution in [1.82, 2.24) is 9.55 Å². The summed E-state index contributed by atoms with van der Waals surface area (Å²) in [6.07, 6.45) is 5.55. The van der Waals surface area contributed by atoms with Crippen molar-refractivity contribution in [1.29, 1.82) is 0 Å². The number of nitrogens with zero attached hydrogens (tertiary/aromatic N) is 2. The first kappa shape index (κ1) is 13.0. The molecule has 3 rings (SSSR count). The molecule has 1 aliphatic rings. The molecule has 20 heavy (non-hydrogen) atoms. The Labute approximate surface area is 118 Å². The molecule has 0 radical (unpaired) electrons. The zero-order valence-electron chi connectivity index (χ0n) is 11.4. The van der Waals surface area contributed by atoms with Crippen LogP contribution in [0.2, 0.25) is 0 Å². The molecular formula is C15H19N3O2. The van der Waals surface area contributed by atoms with Gasteiger partial charge in [-0.15, -0.1) is 0 Å². The number of aryl methyl sites for hydroxylation is 2. The lowest BCUT2D eigenvalue weighted by atomic mass is 10.1. The van der Waals surface area contributed by atoms with Crippen LogP contribution in [0.3, 0.4) is 0 Å². The van der Waals surface area contributed by atoms with Gasteiger partial charge in [0, 0.05) is 24.9 Å². The number of ether oxygens (including phenoxy) is 2. The average Bonchev–Trinajstić information content (AvgIpc) is 2.93. The summed E-state index contributed by atoms with van der Waals surface area (Å²) in [6.45, 7) is 2.80. The van der Waals surface area contributed by atoms with Crippen molar-refractivity contribution in [2.45, 2.75) is 19.4 Å². The minimum absolute atomic E-state index is 0.624. The molecule has 106 valence electrons. The first-order valence-corrected chi connectivity index (χ1v) is 6.94. The molecule has 0 atom stereocenters. The Balaban J connectivity index is 1.67. The highest BCUT2D eigenvalue weighted by molar-refractivity contribution is 5.43. The van der Waals surface area contributed by atoms with E-state index in [2.05, 4.69) is 21.7 Å². The van der Waals surface area contributed by atoms with Gasteiger partial charge in [0.1, 0.15) is 13.2 Å². The Bertz CT molecular complexity index is 580. The summed E-state index contributed by atoms with van der Waals surface area (Å²) in [7, 11) is 0. The van der Waals surface area contributed by atoms with Gasteiger partial charge >= 0.3 is 0 Å². The molecule has 2 aromatic rings. The third-order valence-electron chi connectivity index (χ3n) is 3.45. The van der Waals surface area contributed by atoms with Crippen molar-refractivity contribution in [2.24, 2.45) is 5.73 Å². The van der Waals surface area contributed by atoms with E-state index in [1.807, 2.05) is 18.6 Å². The summed E-state index contributed by atoms with van der Waals surface area (Å²) in [5, 5.41) is 0. The fraction of sp³-hybridized carbons (Fsp3) is 0.400. The number of benzene rings is 1.